The number of anilines is 1. The second-order valence-electron chi connectivity index (χ2n) is 10.9. The van der Waals surface area contributed by atoms with Crippen LogP contribution in [0, 0.1) is 17.2 Å². The largest absolute Gasteiger partial charge is 0.494 e. The first kappa shape index (κ1) is 33.3. The number of fused-ring (bicyclic) bond motifs is 1. The molecule has 2 atom stereocenters. The number of nitrogens with zero attached hydrogens (tertiary/aromatic N) is 3. The van der Waals surface area contributed by atoms with Crippen LogP contribution in [0.25, 0.3) is 0 Å². The highest BCUT2D eigenvalue weighted by Crippen LogP contribution is 2.35. The third-order valence-electron chi connectivity index (χ3n) is 6.88. The molecule has 0 unspecified atom stereocenters. The monoisotopic (exact) mass is 639 g/mol. The lowest BCUT2D eigenvalue weighted by molar-refractivity contribution is 0.0980. The van der Waals surface area contributed by atoms with Crippen molar-refractivity contribution in [2.45, 2.75) is 43.7 Å². The molecule has 2 aromatic carbocycles. The van der Waals surface area contributed by atoms with Crippen LogP contribution in [0.1, 0.15) is 31.4 Å². The number of aliphatic hydroxyl groups is 1. The zero-order valence-corrected chi connectivity index (χ0v) is 25.9. The van der Waals surface area contributed by atoms with E-state index in [1.54, 1.807) is 36.4 Å². The molecule has 13 nitrogen and oxygen atoms in total. The van der Waals surface area contributed by atoms with Crippen molar-refractivity contribution in [2.24, 2.45) is 5.92 Å². The summed E-state index contributed by atoms with van der Waals surface area (Å²) in [5.74, 6) is 1.99. The zero-order chi connectivity index (χ0) is 32.4. The lowest BCUT2D eigenvalue weighted by Gasteiger charge is -2.30. The number of hydrogen-bond acceptors (Lipinski definition) is 10. The highest BCUT2D eigenvalue weighted by molar-refractivity contribution is 7.89. The maximum atomic E-state index is 13.6. The molecule has 0 fully saturated rings. The predicted molar refractivity (Wildman–Crippen MR) is 165 cm³/mol. The van der Waals surface area contributed by atoms with Gasteiger partial charge in [-0.25, -0.2) is 18.2 Å². The molecule has 1 aliphatic heterocycles. The molecule has 0 bridgehead atoms. The number of pyridine rings is 1. The number of aliphatic hydroxyl groups excluding tert-OH is 1. The van der Waals surface area contributed by atoms with Crippen molar-refractivity contribution < 1.29 is 37.6 Å². The summed E-state index contributed by atoms with van der Waals surface area (Å²) in [4.78, 5) is 15.8. The quantitative estimate of drug-likeness (QED) is 0.168. The van der Waals surface area contributed by atoms with Crippen LogP contribution in [-0.4, -0.2) is 79.2 Å². The second-order valence-corrected chi connectivity index (χ2v) is 12.8. The SMILES string of the molecule is CC(C)CN(C[C@@H](O)[C@H](Cc1ccc(OCCCNc2ccc(C#N)cn2)cc1)NC(=O)O)S(=O)(=O)c1ccc2c(c1)OCO2. The third-order valence-corrected chi connectivity index (χ3v) is 8.71. The Bertz CT molecular complexity index is 1580. The Balaban J connectivity index is 1.35. The molecule has 1 aromatic heterocycles. The fourth-order valence-electron chi connectivity index (χ4n) is 4.66. The first-order chi connectivity index (χ1) is 21.5. The number of carbonyl (C=O) groups is 1. The molecule has 0 aliphatic carbocycles. The second kappa shape index (κ2) is 15.4. The van der Waals surface area contributed by atoms with Crippen molar-refractivity contribution >= 4 is 21.9 Å². The molecule has 45 heavy (non-hydrogen) atoms. The van der Waals surface area contributed by atoms with Crippen LogP contribution in [0.2, 0.25) is 0 Å². The van der Waals surface area contributed by atoms with E-state index in [1.165, 1.54) is 28.7 Å². The van der Waals surface area contributed by atoms with Gasteiger partial charge >= 0.3 is 6.09 Å². The summed E-state index contributed by atoms with van der Waals surface area (Å²) in [7, 11) is -4.06. The van der Waals surface area contributed by atoms with E-state index >= 15 is 0 Å². The van der Waals surface area contributed by atoms with Gasteiger partial charge in [0.25, 0.3) is 0 Å². The molecule has 240 valence electrons. The lowest BCUT2D eigenvalue weighted by Crippen LogP contribution is -2.50. The third kappa shape index (κ3) is 9.45. The average Bonchev–Trinajstić information content (AvgIpc) is 3.49. The van der Waals surface area contributed by atoms with Crippen molar-refractivity contribution in [3.8, 4) is 23.3 Å². The van der Waals surface area contributed by atoms with Crippen LogP contribution in [0.5, 0.6) is 17.2 Å². The summed E-state index contributed by atoms with van der Waals surface area (Å²) in [5, 5.41) is 35.0. The lowest BCUT2D eigenvalue weighted by atomic mass is 10.0. The Kier molecular flexibility index (Phi) is 11.4. The Morgan fingerprint density at radius 3 is 2.53 bits per heavy atom. The standard InChI is InChI=1S/C31H37N5O8S/c1-21(2)18-36(45(40,41)25-9-10-28-29(15-25)44-20-43-28)19-27(37)26(35-31(38)39)14-22-4-7-24(8-5-22)42-13-3-12-33-30-11-6-23(16-32)17-34-30/h4-11,15,17,21,26-27,35,37H,3,12-14,18-20H2,1-2H3,(H,33,34)(H,38,39)/t26-,27+/m0/s1. The molecule has 3 aromatic rings. The molecule has 1 aliphatic rings. The Morgan fingerprint density at radius 2 is 1.87 bits per heavy atom. The Labute approximate surface area is 262 Å². The van der Waals surface area contributed by atoms with Crippen molar-refractivity contribution in [1.82, 2.24) is 14.6 Å². The molecule has 14 heteroatoms. The van der Waals surface area contributed by atoms with Gasteiger partial charge < -0.3 is 35.1 Å². The van der Waals surface area contributed by atoms with Gasteiger partial charge in [-0.15, -0.1) is 0 Å². The molecule has 4 rings (SSSR count). The van der Waals surface area contributed by atoms with E-state index in [1.807, 2.05) is 19.9 Å². The van der Waals surface area contributed by atoms with Gasteiger partial charge in [-0.2, -0.15) is 9.57 Å². The fraction of sp³-hybridized carbons (Fsp3) is 0.387. The minimum absolute atomic E-state index is 0.000682. The topological polar surface area (TPSA) is 183 Å². The van der Waals surface area contributed by atoms with Crippen LogP contribution >= 0.6 is 0 Å². The van der Waals surface area contributed by atoms with Crippen molar-refractivity contribution in [2.75, 3.05) is 38.4 Å². The number of ether oxygens (including phenoxy) is 3. The van der Waals surface area contributed by atoms with Gasteiger partial charge in [-0.05, 0) is 60.7 Å². The number of carboxylic acid groups (broad SMARTS) is 1. The molecular weight excluding hydrogens is 602 g/mol. The smallest absolute Gasteiger partial charge is 0.404 e. The van der Waals surface area contributed by atoms with Crippen molar-refractivity contribution in [1.29, 1.82) is 5.26 Å². The first-order valence-electron chi connectivity index (χ1n) is 14.4. The number of sulfonamides is 1. The van der Waals surface area contributed by atoms with E-state index in [2.05, 4.69) is 15.6 Å². The number of rotatable bonds is 16. The number of nitrogens with one attached hydrogen (secondary N) is 2. The van der Waals surface area contributed by atoms with Gasteiger partial charge in [-0.3, -0.25) is 0 Å². The maximum Gasteiger partial charge on any atom is 0.404 e. The molecule has 0 saturated carbocycles. The van der Waals surface area contributed by atoms with Gasteiger partial charge in [0, 0.05) is 31.9 Å². The van der Waals surface area contributed by atoms with Crippen molar-refractivity contribution in [3.05, 3.63) is 71.9 Å². The minimum atomic E-state index is -4.06. The van der Waals surface area contributed by atoms with Gasteiger partial charge in [0.2, 0.25) is 16.8 Å². The van der Waals surface area contributed by atoms with Crippen LogP contribution in [0.4, 0.5) is 10.6 Å². The number of hydrogen-bond donors (Lipinski definition) is 4. The minimum Gasteiger partial charge on any atom is -0.494 e. The van der Waals surface area contributed by atoms with Gasteiger partial charge in [0.15, 0.2) is 11.5 Å². The summed E-state index contributed by atoms with van der Waals surface area (Å²) in [6, 6.07) is 15.8. The normalized spacial score (nSPS) is 13.7. The van der Waals surface area contributed by atoms with Gasteiger partial charge in [-0.1, -0.05) is 26.0 Å². The summed E-state index contributed by atoms with van der Waals surface area (Å²) < 4.78 is 44.8. The number of benzene rings is 2. The van der Waals surface area contributed by atoms with Crippen LogP contribution in [-0.2, 0) is 16.4 Å². The maximum absolute atomic E-state index is 13.6. The van der Waals surface area contributed by atoms with E-state index < -0.39 is 28.3 Å². The Morgan fingerprint density at radius 1 is 1.11 bits per heavy atom. The molecule has 0 radical (unpaired) electrons. The van der Waals surface area contributed by atoms with Gasteiger partial charge in [0.05, 0.1) is 29.2 Å². The fourth-order valence-corrected chi connectivity index (χ4v) is 6.30. The molecule has 1 amide bonds. The van der Waals surface area contributed by atoms with Crippen LogP contribution in [0.15, 0.2) is 65.7 Å². The summed E-state index contributed by atoms with van der Waals surface area (Å²) in [6.45, 7) is 4.55. The van der Waals surface area contributed by atoms with Crippen molar-refractivity contribution in [3.63, 3.8) is 0 Å². The molecule has 0 spiro atoms. The van der Waals surface area contributed by atoms with Crippen LogP contribution in [0.3, 0.4) is 0 Å². The summed E-state index contributed by atoms with van der Waals surface area (Å²) in [6.07, 6.45) is -0.367. The van der Waals surface area contributed by atoms with E-state index in [4.69, 9.17) is 19.5 Å². The summed E-state index contributed by atoms with van der Waals surface area (Å²) in [5.41, 5.74) is 1.22. The molecule has 0 saturated heterocycles. The zero-order valence-electron chi connectivity index (χ0n) is 25.0. The number of amides is 1. The first-order valence-corrected chi connectivity index (χ1v) is 15.9. The summed E-state index contributed by atoms with van der Waals surface area (Å²) >= 11 is 0. The van der Waals surface area contributed by atoms with E-state index in [9.17, 15) is 23.4 Å². The van der Waals surface area contributed by atoms with E-state index in [0.717, 1.165) is 5.56 Å². The van der Waals surface area contributed by atoms with E-state index in [0.29, 0.717) is 48.2 Å². The highest BCUT2D eigenvalue weighted by Gasteiger charge is 2.32. The molecular formula is C31H37N5O8S. The van der Waals surface area contributed by atoms with E-state index in [-0.39, 0.29) is 37.1 Å². The van der Waals surface area contributed by atoms with Gasteiger partial charge in [0.1, 0.15) is 17.6 Å². The molecule has 2 heterocycles. The number of aromatic nitrogens is 1. The number of nitriles is 1. The predicted octanol–water partition coefficient (Wildman–Crippen LogP) is 3.45. The van der Waals surface area contributed by atoms with Crippen LogP contribution < -0.4 is 24.8 Å². The Hall–Kier alpha value is -4.58. The average molecular weight is 640 g/mol. The highest BCUT2D eigenvalue weighted by atomic mass is 32.2. The molecule has 4 N–H and O–H groups in total.